The number of benzene rings is 2. The highest BCUT2D eigenvalue weighted by Gasteiger charge is 2.13. The van der Waals surface area contributed by atoms with Crippen molar-refractivity contribution < 1.29 is 9.90 Å². The zero-order chi connectivity index (χ0) is 16.4. The first-order valence-electron chi connectivity index (χ1n) is 7.30. The molecule has 0 saturated carbocycles. The van der Waals surface area contributed by atoms with Crippen LogP contribution in [0.3, 0.4) is 0 Å². The zero-order valence-electron chi connectivity index (χ0n) is 13.6. The van der Waals surface area contributed by atoms with Crippen LogP contribution in [0.1, 0.15) is 5.56 Å². The summed E-state index contributed by atoms with van der Waals surface area (Å²) in [6.07, 6.45) is 1.78. The van der Waals surface area contributed by atoms with E-state index in [-0.39, 0.29) is 25.9 Å². The highest BCUT2D eigenvalue weighted by atomic mass is 35.5. The number of aliphatic hydroxyl groups excluding tert-OH is 1. The number of carbonyl (C=O) groups is 1. The van der Waals surface area contributed by atoms with Gasteiger partial charge in [0.05, 0.1) is 24.0 Å². The van der Waals surface area contributed by atoms with Crippen LogP contribution < -0.4 is 11.1 Å². The molecule has 0 bridgehead atoms. The molecule has 8 heteroatoms. The van der Waals surface area contributed by atoms with E-state index in [2.05, 4.69) is 10.4 Å². The second-order valence-corrected chi connectivity index (χ2v) is 5.45. The van der Waals surface area contributed by atoms with Gasteiger partial charge >= 0.3 is 0 Å². The summed E-state index contributed by atoms with van der Waals surface area (Å²) in [7, 11) is 0. The van der Waals surface area contributed by atoms with E-state index in [9.17, 15) is 4.79 Å². The Morgan fingerprint density at radius 3 is 2.76 bits per heavy atom. The van der Waals surface area contributed by atoms with Crippen molar-refractivity contribution in [3.8, 4) is 5.69 Å². The Labute approximate surface area is 158 Å². The summed E-state index contributed by atoms with van der Waals surface area (Å²) in [4.78, 5) is 11.8. The Kier molecular flexibility index (Phi) is 7.44. The Bertz CT molecular complexity index is 869. The summed E-state index contributed by atoms with van der Waals surface area (Å²) >= 11 is 0. The number of aromatic nitrogens is 2. The molecule has 2 aromatic carbocycles. The van der Waals surface area contributed by atoms with Gasteiger partial charge in [-0.25, -0.2) is 4.68 Å². The smallest absolute Gasteiger partial charge is 0.243 e. The van der Waals surface area contributed by atoms with E-state index >= 15 is 0 Å². The van der Waals surface area contributed by atoms with Crippen molar-refractivity contribution in [2.75, 3.05) is 11.9 Å². The summed E-state index contributed by atoms with van der Waals surface area (Å²) in [5, 5.41) is 17.0. The maximum Gasteiger partial charge on any atom is 0.243 e. The zero-order valence-corrected chi connectivity index (χ0v) is 15.5. The number of nitrogens with zero attached hydrogens (tertiary/aromatic N) is 2. The number of nitrogens with one attached hydrogen (secondary N) is 1. The summed E-state index contributed by atoms with van der Waals surface area (Å²) in [6, 6.07) is 12.6. The van der Waals surface area contributed by atoms with Gasteiger partial charge < -0.3 is 16.2 Å². The molecule has 0 radical (unpaired) electrons. The van der Waals surface area contributed by atoms with E-state index < -0.39 is 18.6 Å². The molecule has 0 saturated heterocycles. The molecule has 3 aromatic rings. The van der Waals surface area contributed by atoms with Crippen LogP contribution in [0.5, 0.6) is 0 Å². The third-order valence-corrected chi connectivity index (χ3v) is 3.62. The van der Waals surface area contributed by atoms with Crippen LogP contribution in [0.4, 0.5) is 5.69 Å². The monoisotopic (exact) mass is 380 g/mol. The maximum atomic E-state index is 11.8. The summed E-state index contributed by atoms with van der Waals surface area (Å²) in [6.45, 7) is 1.63. The molecule has 134 valence electrons. The molecule has 6 nitrogen and oxygen atoms in total. The molecule has 0 unspecified atom stereocenters. The van der Waals surface area contributed by atoms with Crippen LogP contribution >= 0.6 is 25.9 Å². The fourth-order valence-corrected chi connectivity index (χ4v) is 2.38. The topological polar surface area (TPSA) is 93.2 Å². The number of aryl methyl sites for hydroxylation is 1. The van der Waals surface area contributed by atoms with Crippen LogP contribution in [0, 0.1) is 6.92 Å². The maximum absolute atomic E-state index is 11.8. The van der Waals surface area contributed by atoms with Crippen molar-refractivity contribution in [2.24, 2.45) is 5.73 Å². The van der Waals surface area contributed by atoms with E-state index in [1.165, 1.54) is 0 Å². The fourth-order valence-electron chi connectivity index (χ4n) is 2.38. The molecular weight excluding hydrogens is 360 g/mol. The number of hydrogen-bond acceptors (Lipinski definition) is 4. The molecule has 4 N–H and O–H groups in total. The molecule has 1 aromatic heterocycles. The van der Waals surface area contributed by atoms with E-state index in [0.717, 1.165) is 22.2 Å². The first-order chi connectivity index (χ1) is 11.1. The van der Waals surface area contributed by atoms with Crippen LogP contribution in [-0.2, 0) is 4.79 Å². The summed E-state index contributed by atoms with van der Waals surface area (Å²) in [5.74, 6) is -0.423. The first kappa shape index (κ1) is 21.0. The number of carbonyl (C=O) groups excluding carboxylic acids is 1. The third-order valence-electron chi connectivity index (χ3n) is 3.62. The Hall–Kier alpha value is -2.06. The standard InChI is InChI=1S/C17H18N4O2.ClH.H2S/c1-11-3-2-4-14(7-11)21-16-8-13(6-5-12(16)9-19-21)20-17(23)15(18)10-22;;/h2-9,15,22H,10,18H2,1H3,(H,20,23);1H;1H2/t15-;;/m0../s1. The van der Waals surface area contributed by atoms with Gasteiger partial charge in [0.15, 0.2) is 0 Å². The number of rotatable bonds is 4. The normalized spacial score (nSPS) is 11.3. The minimum absolute atomic E-state index is 0. The van der Waals surface area contributed by atoms with Crippen molar-refractivity contribution in [3.05, 3.63) is 54.2 Å². The number of fused-ring (bicyclic) bond motifs is 1. The second-order valence-electron chi connectivity index (χ2n) is 5.45. The van der Waals surface area contributed by atoms with E-state index in [1.807, 2.05) is 48.0 Å². The summed E-state index contributed by atoms with van der Waals surface area (Å²) < 4.78 is 1.82. The van der Waals surface area contributed by atoms with Crippen LogP contribution in [0.15, 0.2) is 48.7 Å². The lowest BCUT2D eigenvalue weighted by Crippen LogP contribution is -2.38. The van der Waals surface area contributed by atoms with Gasteiger partial charge in [-0.3, -0.25) is 4.79 Å². The lowest BCUT2D eigenvalue weighted by atomic mass is 10.2. The molecule has 0 fully saturated rings. The fraction of sp³-hybridized carbons (Fsp3) is 0.176. The quantitative estimate of drug-likeness (QED) is 0.646. The number of halogens is 1. The predicted molar refractivity (Wildman–Crippen MR) is 107 cm³/mol. The largest absolute Gasteiger partial charge is 0.394 e. The SMILES string of the molecule is Cc1cccc(-n2ncc3ccc(NC(=O)[C@@H](N)CO)cc32)c1.Cl.S. The molecule has 1 heterocycles. The van der Waals surface area contributed by atoms with Gasteiger partial charge in [-0.15, -0.1) is 12.4 Å². The Morgan fingerprint density at radius 2 is 2.08 bits per heavy atom. The third kappa shape index (κ3) is 4.52. The molecule has 1 atom stereocenters. The minimum atomic E-state index is -0.938. The van der Waals surface area contributed by atoms with Gasteiger partial charge in [0.2, 0.25) is 5.91 Å². The van der Waals surface area contributed by atoms with Crippen LogP contribution in [-0.4, -0.2) is 33.4 Å². The number of aliphatic hydroxyl groups is 1. The van der Waals surface area contributed by atoms with Crippen LogP contribution in [0.25, 0.3) is 16.6 Å². The molecule has 0 aliphatic carbocycles. The Morgan fingerprint density at radius 1 is 1.32 bits per heavy atom. The predicted octanol–water partition coefficient (Wildman–Crippen LogP) is 2.13. The van der Waals surface area contributed by atoms with E-state index in [4.69, 9.17) is 10.8 Å². The van der Waals surface area contributed by atoms with Gasteiger partial charge in [0.25, 0.3) is 0 Å². The number of amides is 1. The van der Waals surface area contributed by atoms with Gasteiger partial charge in [0, 0.05) is 11.1 Å². The Balaban J connectivity index is 0.00000156. The molecule has 0 aliphatic heterocycles. The summed E-state index contributed by atoms with van der Waals surface area (Å²) in [5.41, 5.74) is 9.10. The highest BCUT2D eigenvalue weighted by molar-refractivity contribution is 7.59. The highest BCUT2D eigenvalue weighted by Crippen LogP contribution is 2.22. The average Bonchev–Trinajstić information content (AvgIpc) is 2.97. The molecule has 1 amide bonds. The van der Waals surface area contributed by atoms with Crippen LogP contribution in [0.2, 0.25) is 0 Å². The van der Waals surface area contributed by atoms with Crippen molar-refractivity contribution in [1.29, 1.82) is 0 Å². The van der Waals surface area contributed by atoms with Gasteiger partial charge in [-0.05, 0) is 42.8 Å². The van der Waals surface area contributed by atoms with E-state index in [1.54, 1.807) is 12.3 Å². The minimum Gasteiger partial charge on any atom is -0.394 e. The van der Waals surface area contributed by atoms with Crippen molar-refractivity contribution >= 4 is 48.4 Å². The molecule has 0 aliphatic rings. The van der Waals surface area contributed by atoms with Gasteiger partial charge in [-0.2, -0.15) is 18.6 Å². The van der Waals surface area contributed by atoms with Crippen molar-refractivity contribution in [3.63, 3.8) is 0 Å². The number of hydrogen-bond donors (Lipinski definition) is 3. The molecule has 0 spiro atoms. The van der Waals surface area contributed by atoms with Crippen molar-refractivity contribution in [1.82, 2.24) is 9.78 Å². The second kappa shape index (κ2) is 8.87. The number of nitrogens with two attached hydrogens (primary N) is 1. The molecular formula is C17H21ClN4O2S. The van der Waals surface area contributed by atoms with Crippen molar-refractivity contribution in [2.45, 2.75) is 13.0 Å². The van der Waals surface area contributed by atoms with Gasteiger partial charge in [0.1, 0.15) is 6.04 Å². The van der Waals surface area contributed by atoms with E-state index in [0.29, 0.717) is 5.69 Å². The average molecular weight is 381 g/mol. The number of anilines is 1. The lowest BCUT2D eigenvalue weighted by molar-refractivity contribution is -0.118. The lowest BCUT2D eigenvalue weighted by Gasteiger charge is -2.10. The molecule has 3 rings (SSSR count). The first-order valence-corrected chi connectivity index (χ1v) is 7.30. The van der Waals surface area contributed by atoms with Gasteiger partial charge in [-0.1, -0.05) is 12.1 Å². The molecule has 25 heavy (non-hydrogen) atoms.